The van der Waals surface area contributed by atoms with Crippen LogP contribution in [0.3, 0.4) is 0 Å². The summed E-state index contributed by atoms with van der Waals surface area (Å²) in [4.78, 5) is 0. The van der Waals surface area contributed by atoms with Gasteiger partial charge in [0.15, 0.2) is 0 Å². The van der Waals surface area contributed by atoms with Crippen LogP contribution in [0.4, 0.5) is 0 Å². The molecular formula is C14H14ClNO2. The van der Waals surface area contributed by atoms with Crippen molar-refractivity contribution in [2.24, 2.45) is 5.73 Å². The van der Waals surface area contributed by atoms with E-state index in [1.54, 1.807) is 30.3 Å². The third-order valence-corrected chi connectivity index (χ3v) is 2.81. The Bertz CT molecular complexity index is 526. The number of hydrogen-bond acceptors (Lipinski definition) is 3. The van der Waals surface area contributed by atoms with Crippen LogP contribution in [0.5, 0.6) is 11.5 Å². The smallest absolute Gasteiger partial charge is 0.132 e. The Balaban J connectivity index is 2.22. The highest BCUT2D eigenvalue weighted by atomic mass is 35.5. The predicted molar refractivity (Wildman–Crippen MR) is 71.8 cm³/mol. The predicted octanol–water partition coefficient (Wildman–Crippen LogP) is 3.08. The van der Waals surface area contributed by atoms with Crippen molar-refractivity contribution in [3.8, 4) is 11.5 Å². The van der Waals surface area contributed by atoms with E-state index in [0.29, 0.717) is 23.1 Å². The van der Waals surface area contributed by atoms with Crippen LogP contribution >= 0.6 is 11.6 Å². The molecule has 4 heteroatoms. The van der Waals surface area contributed by atoms with Crippen molar-refractivity contribution in [1.82, 2.24) is 0 Å². The molecule has 0 fully saturated rings. The van der Waals surface area contributed by atoms with E-state index in [4.69, 9.17) is 27.2 Å². The molecule has 0 saturated carbocycles. The normalized spacial score (nSPS) is 10.4. The summed E-state index contributed by atoms with van der Waals surface area (Å²) in [6, 6.07) is 12.6. The average Bonchev–Trinajstić information content (AvgIpc) is 2.41. The Kier molecular flexibility index (Phi) is 4.20. The van der Waals surface area contributed by atoms with Crippen molar-refractivity contribution in [1.29, 1.82) is 0 Å². The van der Waals surface area contributed by atoms with E-state index in [-0.39, 0.29) is 6.61 Å². The quantitative estimate of drug-likeness (QED) is 0.891. The third kappa shape index (κ3) is 3.01. The molecule has 0 spiro atoms. The highest BCUT2D eigenvalue weighted by Crippen LogP contribution is 2.27. The molecule has 18 heavy (non-hydrogen) atoms. The standard InChI is InChI=1S/C14H14ClNO2/c15-12-3-6-14(11(7-12)8-16)18-13-4-1-10(9-17)2-5-13/h1-7,17H,8-9,16H2. The zero-order valence-electron chi connectivity index (χ0n) is 9.77. The van der Waals surface area contributed by atoms with E-state index >= 15 is 0 Å². The van der Waals surface area contributed by atoms with Gasteiger partial charge in [0.25, 0.3) is 0 Å². The van der Waals surface area contributed by atoms with Gasteiger partial charge in [-0.2, -0.15) is 0 Å². The van der Waals surface area contributed by atoms with E-state index in [9.17, 15) is 0 Å². The molecule has 0 aliphatic carbocycles. The molecule has 0 unspecified atom stereocenters. The molecule has 0 atom stereocenters. The Morgan fingerprint density at radius 3 is 2.44 bits per heavy atom. The van der Waals surface area contributed by atoms with E-state index in [1.165, 1.54) is 0 Å². The number of rotatable bonds is 4. The molecule has 2 rings (SSSR count). The van der Waals surface area contributed by atoms with E-state index in [0.717, 1.165) is 11.1 Å². The van der Waals surface area contributed by atoms with Crippen molar-refractivity contribution >= 4 is 11.6 Å². The van der Waals surface area contributed by atoms with Gasteiger partial charge in [0.1, 0.15) is 11.5 Å². The topological polar surface area (TPSA) is 55.5 Å². The van der Waals surface area contributed by atoms with Crippen LogP contribution < -0.4 is 10.5 Å². The van der Waals surface area contributed by atoms with Crippen LogP contribution in [0.25, 0.3) is 0 Å². The van der Waals surface area contributed by atoms with Crippen molar-refractivity contribution in [3.63, 3.8) is 0 Å². The van der Waals surface area contributed by atoms with Crippen LogP contribution in [0.15, 0.2) is 42.5 Å². The first-order valence-electron chi connectivity index (χ1n) is 5.59. The van der Waals surface area contributed by atoms with Crippen LogP contribution in [-0.2, 0) is 13.2 Å². The van der Waals surface area contributed by atoms with Gasteiger partial charge >= 0.3 is 0 Å². The molecule has 2 aromatic carbocycles. The highest BCUT2D eigenvalue weighted by molar-refractivity contribution is 6.30. The van der Waals surface area contributed by atoms with Crippen LogP contribution in [-0.4, -0.2) is 5.11 Å². The van der Waals surface area contributed by atoms with Gasteiger partial charge in [0.2, 0.25) is 0 Å². The summed E-state index contributed by atoms with van der Waals surface area (Å²) in [5.41, 5.74) is 7.35. The van der Waals surface area contributed by atoms with Crippen LogP contribution in [0.1, 0.15) is 11.1 Å². The third-order valence-electron chi connectivity index (χ3n) is 2.58. The molecule has 0 aliphatic rings. The van der Waals surface area contributed by atoms with Gasteiger partial charge in [0.05, 0.1) is 6.61 Å². The molecule has 94 valence electrons. The molecule has 2 aromatic rings. The zero-order valence-corrected chi connectivity index (χ0v) is 10.5. The minimum Gasteiger partial charge on any atom is -0.457 e. The minimum atomic E-state index is 0.0231. The number of nitrogens with two attached hydrogens (primary N) is 1. The van der Waals surface area contributed by atoms with Crippen molar-refractivity contribution in [2.75, 3.05) is 0 Å². The summed E-state index contributed by atoms with van der Waals surface area (Å²) in [5.74, 6) is 1.39. The first-order chi connectivity index (χ1) is 8.72. The van der Waals surface area contributed by atoms with E-state index in [1.807, 2.05) is 12.1 Å². The fourth-order valence-corrected chi connectivity index (χ4v) is 1.79. The summed E-state index contributed by atoms with van der Waals surface area (Å²) in [6.45, 7) is 0.389. The number of hydrogen-bond donors (Lipinski definition) is 2. The SMILES string of the molecule is NCc1cc(Cl)ccc1Oc1ccc(CO)cc1. The minimum absolute atomic E-state index is 0.0231. The molecule has 0 amide bonds. The monoisotopic (exact) mass is 263 g/mol. The van der Waals surface area contributed by atoms with Gasteiger partial charge in [-0.05, 0) is 35.9 Å². The van der Waals surface area contributed by atoms with E-state index in [2.05, 4.69) is 0 Å². The fourth-order valence-electron chi connectivity index (χ4n) is 1.60. The molecule has 0 bridgehead atoms. The second kappa shape index (κ2) is 5.87. The fraction of sp³-hybridized carbons (Fsp3) is 0.143. The average molecular weight is 264 g/mol. The number of aliphatic hydroxyl groups is 1. The zero-order chi connectivity index (χ0) is 13.0. The lowest BCUT2D eigenvalue weighted by Gasteiger charge is -2.10. The Morgan fingerprint density at radius 2 is 1.83 bits per heavy atom. The van der Waals surface area contributed by atoms with Gasteiger partial charge in [-0.1, -0.05) is 23.7 Å². The maximum Gasteiger partial charge on any atom is 0.132 e. The summed E-state index contributed by atoms with van der Waals surface area (Å²) in [7, 11) is 0. The van der Waals surface area contributed by atoms with Crippen molar-refractivity contribution in [3.05, 3.63) is 58.6 Å². The molecule has 0 aromatic heterocycles. The molecule has 0 heterocycles. The number of ether oxygens (including phenoxy) is 1. The summed E-state index contributed by atoms with van der Waals surface area (Å²) >= 11 is 5.90. The lowest BCUT2D eigenvalue weighted by Crippen LogP contribution is -1.99. The summed E-state index contributed by atoms with van der Waals surface area (Å²) in [6.07, 6.45) is 0. The molecular weight excluding hydrogens is 250 g/mol. The van der Waals surface area contributed by atoms with Crippen LogP contribution in [0.2, 0.25) is 5.02 Å². The number of halogens is 1. The largest absolute Gasteiger partial charge is 0.457 e. The highest BCUT2D eigenvalue weighted by Gasteiger charge is 2.04. The van der Waals surface area contributed by atoms with Crippen molar-refractivity contribution in [2.45, 2.75) is 13.2 Å². The van der Waals surface area contributed by atoms with Crippen LogP contribution in [0, 0.1) is 0 Å². The Labute approximate surface area is 111 Å². The molecule has 0 saturated heterocycles. The van der Waals surface area contributed by atoms with Crippen molar-refractivity contribution < 1.29 is 9.84 Å². The number of aliphatic hydroxyl groups excluding tert-OH is 1. The van der Waals surface area contributed by atoms with Gasteiger partial charge in [-0.15, -0.1) is 0 Å². The Morgan fingerprint density at radius 1 is 1.11 bits per heavy atom. The second-order valence-electron chi connectivity index (χ2n) is 3.86. The van der Waals surface area contributed by atoms with Gasteiger partial charge in [0, 0.05) is 17.1 Å². The first kappa shape index (κ1) is 12.9. The maximum atomic E-state index is 8.96. The van der Waals surface area contributed by atoms with Gasteiger partial charge in [-0.3, -0.25) is 0 Å². The number of benzene rings is 2. The van der Waals surface area contributed by atoms with Gasteiger partial charge < -0.3 is 15.6 Å². The lowest BCUT2D eigenvalue weighted by atomic mass is 10.2. The molecule has 3 N–H and O–H groups in total. The molecule has 3 nitrogen and oxygen atoms in total. The Hall–Kier alpha value is -1.55. The molecule has 0 aliphatic heterocycles. The maximum absolute atomic E-state index is 8.96. The van der Waals surface area contributed by atoms with E-state index < -0.39 is 0 Å². The molecule has 0 radical (unpaired) electrons. The first-order valence-corrected chi connectivity index (χ1v) is 5.97. The summed E-state index contributed by atoms with van der Waals surface area (Å²) in [5, 5.41) is 9.60. The van der Waals surface area contributed by atoms with Gasteiger partial charge in [-0.25, -0.2) is 0 Å². The lowest BCUT2D eigenvalue weighted by molar-refractivity contribution is 0.281. The second-order valence-corrected chi connectivity index (χ2v) is 4.30. The summed E-state index contributed by atoms with van der Waals surface area (Å²) < 4.78 is 5.73.